The molecule has 0 aliphatic rings. The van der Waals surface area contributed by atoms with E-state index >= 15 is 0 Å². The smallest absolute Gasteiger partial charge is 0.0628 e. The molecule has 3 heteroatoms. The van der Waals surface area contributed by atoms with Gasteiger partial charge in [-0.3, -0.25) is 4.68 Å². The van der Waals surface area contributed by atoms with E-state index in [1.165, 1.54) is 55.5 Å². The molecule has 1 unspecified atom stereocenters. The molecule has 1 aromatic rings. The number of aromatic nitrogens is 2. The second-order valence-corrected chi connectivity index (χ2v) is 5.98. The summed E-state index contributed by atoms with van der Waals surface area (Å²) in [7, 11) is 2.04. The zero-order valence-corrected chi connectivity index (χ0v) is 14.1. The van der Waals surface area contributed by atoms with Gasteiger partial charge in [0.1, 0.15) is 0 Å². The van der Waals surface area contributed by atoms with E-state index in [0.29, 0.717) is 6.04 Å². The third kappa shape index (κ3) is 5.28. The SMILES string of the molecule is CCCCCCC(Cc1c(C)nn(C)c1C)NCCC. The quantitative estimate of drug-likeness (QED) is 0.658. The Morgan fingerprint density at radius 3 is 2.40 bits per heavy atom. The van der Waals surface area contributed by atoms with Gasteiger partial charge in [-0.25, -0.2) is 0 Å². The molecule has 20 heavy (non-hydrogen) atoms. The molecule has 3 nitrogen and oxygen atoms in total. The molecule has 1 rings (SSSR count). The Bertz CT molecular complexity index is 382. The predicted octanol–water partition coefficient (Wildman–Crippen LogP) is 3.92. The second kappa shape index (κ2) is 9.17. The van der Waals surface area contributed by atoms with E-state index in [4.69, 9.17) is 0 Å². The van der Waals surface area contributed by atoms with Crippen LogP contribution in [-0.2, 0) is 13.5 Å². The van der Waals surface area contributed by atoms with Crippen molar-refractivity contribution in [1.29, 1.82) is 0 Å². The molecule has 0 radical (unpaired) electrons. The van der Waals surface area contributed by atoms with Gasteiger partial charge < -0.3 is 5.32 Å². The molecule has 0 spiro atoms. The van der Waals surface area contributed by atoms with E-state index in [1.54, 1.807) is 0 Å². The summed E-state index contributed by atoms with van der Waals surface area (Å²) in [6, 6.07) is 0.605. The summed E-state index contributed by atoms with van der Waals surface area (Å²) in [6.45, 7) is 9.95. The molecule has 0 aliphatic heterocycles. The first-order chi connectivity index (χ1) is 9.60. The summed E-state index contributed by atoms with van der Waals surface area (Å²) in [5.74, 6) is 0. The molecule has 0 aromatic carbocycles. The molecule has 1 heterocycles. The van der Waals surface area contributed by atoms with E-state index in [1.807, 2.05) is 11.7 Å². The third-order valence-electron chi connectivity index (χ3n) is 4.20. The van der Waals surface area contributed by atoms with Crippen LogP contribution in [0.2, 0.25) is 0 Å². The predicted molar refractivity (Wildman–Crippen MR) is 87.2 cm³/mol. The minimum Gasteiger partial charge on any atom is -0.314 e. The summed E-state index contributed by atoms with van der Waals surface area (Å²) in [5.41, 5.74) is 3.96. The van der Waals surface area contributed by atoms with E-state index in [9.17, 15) is 0 Å². The fourth-order valence-electron chi connectivity index (χ4n) is 2.80. The average molecular weight is 279 g/mol. The molecule has 0 fully saturated rings. The molecule has 0 bridgehead atoms. The van der Waals surface area contributed by atoms with Gasteiger partial charge in [0.15, 0.2) is 0 Å². The topological polar surface area (TPSA) is 29.9 Å². The molecule has 1 atom stereocenters. The molecule has 0 saturated carbocycles. The van der Waals surface area contributed by atoms with Crippen LogP contribution in [0.5, 0.6) is 0 Å². The van der Waals surface area contributed by atoms with E-state index in [0.717, 1.165) is 13.0 Å². The number of rotatable bonds is 10. The molecular formula is C17H33N3. The third-order valence-corrected chi connectivity index (χ3v) is 4.20. The van der Waals surface area contributed by atoms with E-state index < -0.39 is 0 Å². The van der Waals surface area contributed by atoms with Crippen molar-refractivity contribution in [3.05, 3.63) is 17.0 Å². The molecule has 0 saturated heterocycles. The van der Waals surface area contributed by atoms with Crippen molar-refractivity contribution < 1.29 is 0 Å². The van der Waals surface area contributed by atoms with Gasteiger partial charge in [0.2, 0.25) is 0 Å². The summed E-state index contributed by atoms with van der Waals surface area (Å²) >= 11 is 0. The van der Waals surface area contributed by atoms with Crippen LogP contribution in [0.4, 0.5) is 0 Å². The van der Waals surface area contributed by atoms with Crippen LogP contribution < -0.4 is 5.32 Å². The lowest BCUT2D eigenvalue weighted by Gasteiger charge is -2.19. The number of hydrogen-bond donors (Lipinski definition) is 1. The molecule has 0 aliphatic carbocycles. The van der Waals surface area contributed by atoms with E-state index in [-0.39, 0.29) is 0 Å². The molecule has 1 aromatic heterocycles. The van der Waals surface area contributed by atoms with Gasteiger partial charge >= 0.3 is 0 Å². The van der Waals surface area contributed by atoms with Crippen molar-refractivity contribution in [2.24, 2.45) is 7.05 Å². The Kier molecular flexibility index (Phi) is 7.90. The van der Waals surface area contributed by atoms with Crippen LogP contribution >= 0.6 is 0 Å². The molecule has 0 amide bonds. The average Bonchev–Trinajstić information content (AvgIpc) is 2.66. The van der Waals surface area contributed by atoms with Gasteiger partial charge in [0.25, 0.3) is 0 Å². The first kappa shape index (κ1) is 17.2. The summed E-state index contributed by atoms with van der Waals surface area (Å²) in [5, 5.41) is 8.26. The van der Waals surface area contributed by atoms with Gasteiger partial charge in [-0.05, 0) is 45.2 Å². The Labute approximate surface area is 125 Å². The maximum absolute atomic E-state index is 4.54. The van der Waals surface area contributed by atoms with Gasteiger partial charge in [0.05, 0.1) is 5.69 Å². The monoisotopic (exact) mass is 279 g/mol. The fourth-order valence-corrected chi connectivity index (χ4v) is 2.80. The number of aryl methyl sites for hydroxylation is 2. The van der Waals surface area contributed by atoms with Crippen molar-refractivity contribution >= 4 is 0 Å². The van der Waals surface area contributed by atoms with Crippen LogP contribution in [0.15, 0.2) is 0 Å². The highest BCUT2D eigenvalue weighted by Gasteiger charge is 2.15. The molecular weight excluding hydrogens is 246 g/mol. The Morgan fingerprint density at radius 1 is 1.10 bits per heavy atom. The van der Waals surface area contributed by atoms with Crippen LogP contribution in [-0.4, -0.2) is 22.4 Å². The number of nitrogens with one attached hydrogen (secondary N) is 1. The zero-order chi connectivity index (χ0) is 15.0. The van der Waals surface area contributed by atoms with E-state index in [2.05, 4.69) is 38.1 Å². The Balaban J connectivity index is 2.58. The lowest BCUT2D eigenvalue weighted by molar-refractivity contribution is 0.452. The first-order valence-corrected chi connectivity index (χ1v) is 8.32. The second-order valence-electron chi connectivity index (χ2n) is 5.98. The van der Waals surface area contributed by atoms with Crippen LogP contribution in [0, 0.1) is 13.8 Å². The van der Waals surface area contributed by atoms with Gasteiger partial charge in [-0.1, -0.05) is 39.5 Å². The Hall–Kier alpha value is -0.830. The van der Waals surface area contributed by atoms with Gasteiger partial charge in [0, 0.05) is 18.8 Å². The summed E-state index contributed by atoms with van der Waals surface area (Å²) in [6.07, 6.45) is 9.00. The number of hydrogen-bond acceptors (Lipinski definition) is 2. The van der Waals surface area contributed by atoms with Crippen molar-refractivity contribution in [3.63, 3.8) is 0 Å². The van der Waals surface area contributed by atoms with Crippen molar-refractivity contribution in [2.45, 2.75) is 78.7 Å². The standard InChI is InChI=1S/C17H33N3/c1-6-8-9-10-11-16(18-12-7-2)13-17-14(3)19-20(5)15(17)4/h16,18H,6-13H2,1-5H3. The summed E-state index contributed by atoms with van der Waals surface area (Å²) in [4.78, 5) is 0. The minimum absolute atomic E-state index is 0.605. The summed E-state index contributed by atoms with van der Waals surface area (Å²) < 4.78 is 2.01. The van der Waals surface area contributed by atoms with Gasteiger partial charge in [-0.15, -0.1) is 0 Å². The number of nitrogens with zero attached hydrogens (tertiary/aromatic N) is 2. The van der Waals surface area contributed by atoms with Crippen molar-refractivity contribution in [1.82, 2.24) is 15.1 Å². The highest BCUT2D eigenvalue weighted by Crippen LogP contribution is 2.17. The van der Waals surface area contributed by atoms with Crippen LogP contribution in [0.25, 0.3) is 0 Å². The van der Waals surface area contributed by atoms with Crippen LogP contribution in [0.1, 0.15) is 69.3 Å². The van der Waals surface area contributed by atoms with Gasteiger partial charge in [-0.2, -0.15) is 5.10 Å². The molecule has 1 N–H and O–H groups in total. The normalized spacial score (nSPS) is 12.8. The maximum atomic E-state index is 4.54. The first-order valence-electron chi connectivity index (χ1n) is 8.32. The Morgan fingerprint density at radius 2 is 1.85 bits per heavy atom. The highest BCUT2D eigenvalue weighted by atomic mass is 15.3. The number of unbranched alkanes of at least 4 members (excludes halogenated alkanes) is 3. The maximum Gasteiger partial charge on any atom is 0.0628 e. The fraction of sp³-hybridized carbons (Fsp3) is 0.824. The molecule has 116 valence electrons. The zero-order valence-electron chi connectivity index (χ0n) is 14.1. The van der Waals surface area contributed by atoms with Crippen LogP contribution in [0.3, 0.4) is 0 Å². The van der Waals surface area contributed by atoms with Crippen molar-refractivity contribution in [2.75, 3.05) is 6.54 Å². The highest BCUT2D eigenvalue weighted by molar-refractivity contribution is 5.25. The minimum atomic E-state index is 0.605. The lowest BCUT2D eigenvalue weighted by Crippen LogP contribution is -2.32. The lowest BCUT2D eigenvalue weighted by atomic mass is 9.98. The van der Waals surface area contributed by atoms with Crippen molar-refractivity contribution in [3.8, 4) is 0 Å². The largest absolute Gasteiger partial charge is 0.314 e.